The molecule has 0 saturated heterocycles. The number of hydrogen-bond donors (Lipinski definition) is 0. The van der Waals surface area contributed by atoms with Crippen molar-refractivity contribution in [1.82, 2.24) is 19.5 Å². The lowest BCUT2D eigenvalue weighted by molar-refractivity contribution is 0.0524. The van der Waals surface area contributed by atoms with Crippen molar-refractivity contribution in [1.29, 1.82) is 0 Å². The van der Waals surface area contributed by atoms with Gasteiger partial charge in [-0.25, -0.2) is 28.2 Å². The van der Waals surface area contributed by atoms with Crippen LogP contribution in [0.5, 0.6) is 0 Å². The van der Waals surface area contributed by atoms with Crippen molar-refractivity contribution in [2.75, 3.05) is 24.3 Å². The van der Waals surface area contributed by atoms with Crippen LogP contribution in [-0.2, 0) is 27.5 Å². The molecule has 3 heterocycles. The number of carbonyl (C=O) groups excluding carboxylic acids is 1. The first-order chi connectivity index (χ1) is 16.1. The monoisotopic (exact) mass is 485 g/mol. The molecule has 9 nitrogen and oxygen atoms in total. The highest BCUT2D eigenvalue weighted by Gasteiger charge is 2.35. The van der Waals surface area contributed by atoms with Crippen molar-refractivity contribution < 1.29 is 17.9 Å². The van der Waals surface area contributed by atoms with E-state index in [-0.39, 0.29) is 12.0 Å². The Bertz CT molecular complexity index is 1360. The van der Waals surface area contributed by atoms with Gasteiger partial charge in [0.1, 0.15) is 5.82 Å². The zero-order valence-electron chi connectivity index (χ0n) is 20.5. The highest BCUT2D eigenvalue weighted by molar-refractivity contribution is 7.90. The van der Waals surface area contributed by atoms with E-state index in [2.05, 4.69) is 33.3 Å². The number of anilines is 1. The number of esters is 1. The topological polar surface area (TPSA) is 107 Å². The quantitative estimate of drug-likeness (QED) is 0.488. The molecule has 0 N–H and O–H groups in total. The normalized spacial score (nSPS) is 16.2. The zero-order chi connectivity index (χ0) is 24.8. The van der Waals surface area contributed by atoms with Crippen LogP contribution < -0.4 is 4.90 Å². The van der Waals surface area contributed by atoms with E-state index >= 15 is 0 Å². The number of benzene rings is 1. The first kappa shape index (κ1) is 24.1. The van der Waals surface area contributed by atoms with Gasteiger partial charge in [-0.05, 0) is 43.9 Å². The summed E-state index contributed by atoms with van der Waals surface area (Å²) in [4.78, 5) is 28.7. The maximum Gasteiger partial charge on any atom is 0.341 e. The predicted octanol–water partition coefficient (Wildman–Crippen LogP) is 3.49. The van der Waals surface area contributed by atoms with Gasteiger partial charge < -0.3 is 14.2 Å². The van der Waals surface area contributed by atoms with E-state index < -0.39 is 15.8 Å². The standard InChI is InChI=1S/C24H31N5O4S/c1-7-16-11-18-19(12-20(16)34(6,31)32)28-9-10-29(21(14(3)4)22(28)27-18)24-25-13-17(15(5)26-24)23(30)33-8-2/h11-14,21H,7-10H2,1-6H3/t21-/m1/s1. The Kier molecular flexibility index (Phi) is 6.37. The fourth-order valence-electron chi connectivity index (χ4n) is 4.67. The van der Waals surface area contributed by atoms with Crippen LogP contribution in [0.25, 0.3) is 11.0 Å². The molecule has 0 amide bonds. The Morgan fingerprint density at radius 3 is 2.53 bits per heavy atom. The summed E-state index contributed by atoms with van der Waals surface area (Å²) < 4.78 is 32.0. The molecule has 1 aliphatic rings. The van der Waals surface area contributed by atoms with Crippen LogP contribution in [0.3, 0.4) is 0 Å². The Morgan fingerprint density at radius 2 is 1.94 bits per heavy atom. The lowest BCUT2D eigenvalue weighted by Crippen LogP contribution is -2.42. The molecule has 10 heteroatoms. The Balaban J connectivity index is 1.81. The maximum atomic E-state index is 12.4. The molecule has 1 aromatic carbocycles. The third-order valence-corrected chi connectivity index (χ3v) is 7.43. The largest absolute Gasteiger partial charge is 0.462 e. The summed E-state index contributed by atoms with van der Waals surface area (Å²) in [7, 11) is -3.35. The van der Waals surface area contributed by atoms with Gasteiger partial charge in [-0.1, -0.05) is 20.8 Å². The van der Waals surface area contributed by atoms with Crippen molar-refractivity contribution in [3.63, 3.8) is 0 Å². The predicted molar refractivity (Wildman–Crippen MR) is 130 cm³/mol. The third-order valence-electron chi connectivity index (χ3n) is 6.26. The summed E-state index contributed by atoms with van der Waals surface area (Å²) in [6.07, 6.45) is 3.38. The first-order valence-electron chi connectivity index (χ1n) is 11.6. The Morgan fingerprint density at radius 1 is 1.21 bits per heavy atom. The molecule has 0 unspecified atom stereocenters. The van der Waals surface area contributed by atoms with E-state index in [1.54, 1.807) is 19.9 Å². The van der Waals surface area contributed by atoms with E-state index in [1.165, 1.54) is 12.5 Å². The third kappa shape index (κ3) is 4.15. The number of hydrogen-bond acceptors (Lipinski definition) is 8. The van der Waals surface area contributed by atoms with Crippen LogP contribution in [0.4, 0.5) is 5.95 Å². The number of carbonyl (C=O) groups is 1. The molecule has 182 valence electrons. The Hall–Kier alpha value is -3.01. The highest BCUT2D eigenvalue weighted by atomic mass is 32.2. The van der Waals surface area contributed by atoms with Crippen LogP contribution in [0.15, 0.2) is 23.2 Å². The number of sulfone groups is 1. The van der Waals surface area contributed by atoms with Crippen LogP contribution in [0.1, 0.15) is 61.2 Å². The fourth-order valence-corrected chi connectivity index (χ4v) is 5.67. The molecule has 0 aliphatic carbocycles. The summed E-state index contributed by atoms with van der Waals surface area (Å²) in [5.74, 6) is 1.15. The molecule has 0 spiro atoms. The zero-order valence-corrected chi connectivity index (χ0v) is 21.3. The van der Waals surface area contributed by atoms with Gasteiger partial charge in [-0.15, -0.1) is 0 Å². The van der Waals surface area contributed by atoms with Crippen molar-refractivity contribution in [3.8, 4) is 0 Å². The van der Waals surface area contributed by atoms with Gasteiger partial charge in [-0.2, -0.15) is 0 Å². The summed E-state index contributed by atoms with van der Waals surface area (Å²) in [5, 5.41) is 0. The number of rotatable bonds is 6. The molecule has 4 rings (SSSR count). The smallest absolute Gasteiger partial charge is 0.341 e. The lowest BCUT2D eigenvalue weighted by atomic mass is 10.00. The summed E-state index contributed by atoms with van der Waals surface area (Å²) in [6, 6.07) is 3.55. The number of fused-ring (bicyclic) bond motifs is 3. The maximum absolute atomic E-state index is 12.4. The van der Waals surface area contributed by atoms with Crippen molar-refractivity contribution in [2.45, 2.75) is 58.5 Å². The summed E-state index contributed by atoms with van der Waals surface area (Å²) in [5.41, 5.74) is 3.32. The van der Waals surface area contributed by atoms with Gasteiger partial charge in [0.05, 0.1) is 39.8 Å². The van der Waals surface area contributed by atoms with Gasteiger partial charge in [0.15, 0.2) is 9.84 Å². The van der Waals surface area contributed by atoms with Crippen molar-refractivity contribution in [3.05, 3.63) is 41.0 Å². The van der Waals surface area contributed by atoms with Gasteiger partial charge in [0.2, 0.25) is 5.95 Å². The van der Waals surface area contributed by atoms with Crippen molar-refractivity contribution in [2.24, 2.45) is 5.92 Å². The molecule has 3 aromatic rings. The number of imidazole rings is 1. The van der Waals surface area contributed by atoms with Crippen LogP contribution in [-0.4, -0.2) is 53.3 Å². The molecule has 0 saturated carbocycles. The fraction of sp³-hybridized carbons (Fsp3) is 0.500. The minimum absolute atomic E-state index is 0.110. The van der Waals surface area contributed by atoms with E-state index in [1.807, 2.05) is 13.0 Å². The van der Waals surface area contributed by atoms with Crippen LogP contribution in [0.2, 0.25) is 0 Å². The highest BCUT2D eigenvalue weighted by Crippen LogP contribution is 2.37. The average Bonchev–Trinajstić information content (AvgIpc) is 3.14. The molecule has 0 radical (unpaired) electrons. The first-order valence-corrected chi connectivity index (χ1v) is 13.5. The second-order valence-electron chi connectivity index (χ2n) is 8.97. The number of nitrogens with zero attached hydrogens (tertiary/aromatic N) is 5. The van der Waals surface area contributed by atoms with E-state index in [9.17, 15) is 13.2 Å². The van der Waals surface area contributed by atoms with Gasteiger partial charge in [-0.3, -0.25) is 0 Å². The number of aromatic nitrogens is 4. The van der Waals surface area contributed by atoms with E-state index in [4.69, 9.17) is 9.72 Å². The molecule has 2 aromatic heterocycles. The van der Waals surface area contributed by atoms with Gasteiger partial charge in [0, 0.05) is 25.5 Å². The number of ether oxygens (including phenoxy) is 1. The summed E-state index contributed by atoms with van der Waals surface area (Å²) >= 11 is 0. The molecule has 0 bridgehead atoms. The molecular formula is C24H31N5O4S. The molecule has 1 aliphatic heterocycles. The number of aryl methyl sites for hydroxylation is 2. The lowest BCUT2D eigenvalue weighted by Gasteiger charge is -2.38. The second-order valence-corrected chi connectivity index (χ2v) is 11.0. The van der Waals surface area contributed by atoms with Gasteiger partial charge in [0.25, 0.3) is 0 Å². The minimum atomic E-state index is -3.35. The van der Waals surface area contributed by atoms with E-state index in [0.29, 0.717) is 48.2 Å². The molecule has 34 heavy (non-hydrogen) atoms. The molecule has 0 fully saturated rings. The van der Waals surface area contributed by atoms with Crippen molar-refractivity contribution >= 4 is 32.8 Å². The SMILES string of the molecule is CCOC(=O)c1cnc(N2CCn3c(nc4cc(CC)c(S(C)(=O)=O)cc43)[C@H]2C(C)C)nc1C. The molecular weight excluding hydrogens is 454 g/mol. The van der Waals surface area contributed by atoms with Gasteiger partial charge >= 0.3 is 5.97 Å². The average molecular weight is 486 g/mol. The van der Waals surface area contributed by atoms with Crippen LogP contribution in [0, 0.1) is 12.8 Å². The Labute approximate surface area is 200 Å². The van der Waals surface area contributed by atoms with Crippen LogP contribution >= 0.6 is 0 Å². The molecule has 1 atom stereocenters. The summed E-state index contributed by atoms with van der Waals surface area (Å²) in [6.45, 7) is 11.3. The van der Waals surface area contributed by atoms with E-state index in [0.717, 1.165) is 22.4 Å². The second kappa shape index (κ2) is 8.98. The minimum Gasteiger partial charge on any atom is -0.462 e.